The third-order valence-electron chi connectivity index (χ3n) is 5.98. The van der Waals surface area contributed by atoms with Gasteiger partial charge in [-0.1, -0.05) is 55.5 Å². The number of hydrogen-bond donors (Lipinski definition) is 2. The molecule has 2 aromatic carbocycles. The molecule has 7 heteroatoms. The highest BCUT2D eigenvalue weighted by Crippen LogP contribution is 2.44. The number of benzene rings is 2. The Hall–Kier alpha value is -3.61. The zero-order valence-electron chi connectivity index (χ0n) is 18.5. The Morgan fingerprint density at radius 3 is 2.28 bits per heavy atom. The van der Waals surface area contributed by atoms with Gasteiger partial charge in [0.2, 0.25) is 0 Å². The topological polar surface area (TPSA) is 93.5 Å². The molecule has 0 spiro atoms. The van der Waals surface area contributed by atoms with Gasteiger partial charge in [-0.25, -0.2) is 14.6 Å². The molecular formula is C25H27N3O4. The molecular weight excluding hydrogens is 406 g/mol. The Labute approximate surface area is 187 Å². The molecule has 0 bridgehead atoms. The van der Waals surface area contributed by atoms with Crippen LogP contribution in [0.5, 0.6) is 0 Å². The lowest BCUT2D eigenvalue weighted by Gasteiger charge is -2.27. The number of carbonyl (C=O) groups is 2. The van der Waals surface area contributed by atoms with Crippen LogP contribution in [0.4, 0.5) is 4.79 Å². The number of fused-ring (bicyclic) bond motifs is 3. The van der Waals surface area contributed by atoms with Crippen molar-refractivity contribution in [2.24, 2.45) is 0 Å². The lowest BCUT2D eigenvalue weighted by molar-refractivity contribution is -0.144. The van der Waals surface area contributed by atoms with Crippen molar-refractivity contribution in [3.8, 4) is 11.1 Å². The fourth-order valence-electron chi connectivity index (χ4n) is 4.38. The molecule has 1 aliphatic rings. The average Bonchev–Trinajstić information content (AvgIpc) is 3.28. The number of ether oxygens (including phenoxy) is 1. The lowest BCUT2D eigenvalue weighted by atomic mass is 9.98. The van der Waals surface area contributed by atoms with Gasteiger partial charge in [0.25, 0.3) is 0 Å². The minimum absolute atomic E-state index is 0.0521. The zero-order chi connectivity index (χ0) is 22.9. The number of carboxylic acids is 1. The average molecular weight is 434 g/mol. The monoisotopic (exact) mass is 433 g/mol. The molecule has 1 unspecified atom stereocenters. The van der Waals surface area contributed by atoms with Crippen molar-refractivity contribution in [2.75, 3.05) is 6.61 Å². The summed E-state index contributed by atoms with van der Waals surface area (Å²) < 4.78 is 7.32. The molecule has 2 N–H and O–H groups in total. The second-order valence-electron chi connectivity index (χ2n) is 8.37. The minimum Gasteiger partial charge on any atom is -0.479 e. The Bertz CT molecular complexity index is 1120. The van der Waals surface area contributed by atoms with E-state index < -0.39 is 17.6 Å². The van der Waals surface area contributed by atoms with E-state index in [-0.39, 0.29) is 19.1 Å². The number of aromatic nitrogens is 2. The number of aryl methyl sites for hydroxylation is 2. The van der Waals surface area contributed by atoms with Crippen LogP contribution in [0.2, 0.25) is 0 Å². The first-order valence-corrected chi connectivity index (χ1v) is 10.7. The second kappa shape index (κ2) is 8.49. The van der Waals surface area contributed by atoms with Crippen LogP contribution in [0.3, 0.4) is 0 Å². The van der Waals surface area contributed by atoms with E-state index in [1.165, 1.54) is 6.92 Å². The summed E-state index contributed by atoms with van der Waals surface area (Å²) in [6.07, 6.45) is 1.69. The number of imidazole rings is 1. The molecule has 0 saturated carbocycles. The number of rotatable bonds is 7. The maximum Gasteiger partial charge on any atom is 0.408 e. The SMILES string of the molecule is CCc1nc(C)cn1CC(C)(NC(=O)OCC1c2ccccc2-c2ccccc21)C(=O)O. The third-order valence-corrected chi connectivity index (χ3v) is 5.98. The van der Waals surface area contributed by atoms with Gasteiger partial charge < -0.3 is 19.7 Å². The summed E-state index contributed by atoms with van der Waals surface area (Å²) in [7, 11) is 0. The summed E-state index contributed by atoms with van der Waals surface area (Å²) in [5.41, 5.74) is 3.73. The van der Waals surface area contributed by atoms with Crippen molar-refractivity contribution in [1.29, 1.82) is 0 Å². The summed E-state index contributed by atoms with van der Waals surface area (Å²) in [5, 5.41) is 12.4. The van der Waals surface area contributed by atoms with E-state index in [0.717, 1.165) is 33.8 Å². The summed E-state index contributed by atoms with van der Waals surface area (Å²) >= 11 is 0. The highest BCUT2D eigenvalue weighted by atomic mass is 16.5. The minimum atomic E-state index is -1.54. The summed E-state index contributed by atoms with van der Waals surface area (Å²) in [5.74, 6) is -0.462. The van der Waals surface area contributed by atoms with Crippen molar-refractivity contribution >= 4 is 12.1 Å². The van der Waals surface area contributed by atoms with Crippen LogP contribution in [0, 0.1) is 6.92 Å². The van der Waals surface area contributed by atoms with E-state index in [1.54, 1.807) is 10.8 Å². The largest absolute Gasteiger partial charge is 0.479 e. The van der Waals surface area contributed by atoms with Crippen molar-refractivity contribution in [1.82, 2.24) is 14.9 Å². The quantitative estimate of drug-likeness (QED) is 0.584. The molecule has 1 aliphatic carbocycles. The predicted octanol–water partition coefficient (Wildman–Crippen LogP) is 4.14. The van der Waals surface area contributed by atoms with E-state index in [9.17, 15) is 14.7 Å². The highest BCUT2D eigenvalue weighted by Gasteiger charge is 2.37. The molecule has 3 aromatic rings. The van der Waals surface area contributed by atoms with Crippen LogP contribution in [0.25, 0.3) is 11.1 Å². The number of nitrogens with zero attached hydrogens (tertiary/aromatic N) is 2. The van der Waals surface area contributed by atoms with Crippen LogP contribution in [0.1, 0.15) is 42.4 Å². The number of amides is 1. The number of carbonyl (C=O) groups excluding carboxylic acids is 1. The molecule has 4 rings (SSSR count). The van der Waals surface area contributed by atoms with Crippen molar-refractivity contribution in [3.05, 3.63) is 77.4 Å². The number of nitrogens with one attached hydrogen (secondary N) is 1. The summed E-state index contributed by atoms with van der Waals surface area (Å²) in [6, 6.07) is 16.1. The van der Waals surface area contributed by atoms with E-state index in [1.807, 2.05) is 50.2 Å². The Morgan fingerprint density at radius 1 is 1.12 bits per heavy atom. The number of hydrogen-bond acceptors (Lipinski definition) is 4. The molecule has 32 heavy (non-hydrogen) atoms. The first-order valence-electron chi connectivity index (χ1n) is 10.7. The molecule has 0 radical (unpaired) electrons. The highest BCUT2D eigenvalue weighted by molar-refractivity contribution is 5.84. The summed E-state index contributed by atoms with van der Waals surface area (Å²) in [4.78, 5) is 29.1. The Kier molecular flexibility index (Phi) is 5.74. The van der Waals surface area contributed by atoms with Gasteiger partial charge in [0.15, 0.2) is 5.54 Å². The van der Waals surface area contributed by atoms with Gasteiger partial charge in [-0.15, -0.1) is 0 Å². The van der Waals surface area contributed by atoms with Crippen LogP contribution in [0.15, 0.2) is 54.7 Å². The van der Waals surface area contributed by atoms with Crippen LogP contribution >= 0.6 is 0 Å². The maximum absolute atomic E-state index is 12.7. The molecule has 0 aliphatic heterocycles. The molecule has 1 aromatic heterocycles. The second-order valence-corrected chi connectivity index (χ2v) is 8.37. The fourth-order valence-corrected chi connectivity index (χ4v) is 4.38. The first kappa shape index (κ1) is 21.6. The van der Waals surface area contributed by atoms with Crippen molar-refractivity contribution in [3.63, 3.8) is 0 Å². The van der Waals surface area contributed by atoms with Crippen LogP contribution < -0.4 is 5.32 Å². The Morgan fingerprint density at radius 2 is 1.72 bits per heavy atom. The summed E-state index contributed by atoms with van der Waals surface area (Å²) in [6.45, 7) is 5.46. The molecule has 1 atom stereocenters. The van der Waals surface area contributed by atoms with E-state index in [0.29, 0.717) is 6.42 Å². The molecule has 0 fully saturated rings. The molecule has 1 heterocycles. The van der Waals surface area contributed by atoms with Gasteiger partial charge in [0, 0.05) is 18.5 Å². The first-order chi connectivity index (χ1) is 15.3. The molecule has 1 amide bonds. The normalized spacial score (nSPS) is 14.3. The standard InChI is InChI=1S/C25H27N3O4/c1-4-22-26-16(2)13-28(22)15-25(3,23(29)30)27-24(31)32-14-21-19-11-7-5-9-17(19)18-10-6-8-12-20(18)21/h5-13,21H,4,14-15H2,1-3H3,(H,27,31)(H,29,30). The van der Waals surface area contributed by atoms with Crippen LogP contribution in [-0.2, 0) is 22.5 Å². The van der Waals surface area contributed by atoms with Gasteiger partial charge in [-0.05, 0) is 36.1 Å². The van der Waals surface area contributed by atoms with Crippen molar-refractivity contribution < 1.29 is 19.4 Å². The maximum atomic E-state index is 12.7. The molecule has 7 nitrogen and oxygen atoms in total. The number of aliphatic carboxylic acids is 1. The lowest BCUT2D eigenvalue weighted by Crippen LogP contribution is -2.55. The van der Waals surface area contributed by atoms with E-state index in [4.69, 9.17) is 4.74 Å². The van der Waals surface area contributed by atoms with Gasteiger partial charge in [0.05, 0.1) is 12.2 Å². The number of alkyl carbamates (subject to hydrolysis) is 1. The van der Waals surface area contributed by atoms with Crippen molar-refractivity contribution in [2.45, 2.75) is 45.2 Å². The zero-order valence-corrected chi connectivity index (χ0v) is 18.5. The molecule has 166 valence electrons. The van der Waals surface area contributed by atoms with Gasteiger partial charge >= 0.3 is 12.1 Å². The molecule has 0 saturated heterocycles. The van der Waals surface area contributed by atoms with Gasteiger partial charge in [0.1, 0.15) is 12.4 Å². The van der Waals surface area contributed by atoms with E-state index in [2.05, 4.69) is 22.4 Å². The van der Waals surface area contributed by atoms with Gasteiger partial charge in [-0.3, -0.25) is 0 Å². The van der Waals surface area contributed by atoms with Gasteiger partial charge in [-0.2, -0.15) is 0 Å². The van der Waals surface area contributed by atoms with Crippen LogP contribution in [-0.4, -0.2) is 38.9 Å². The third kappa shape index (κ3) is 3.98. The smallest absolute Gasteiger partial charge is 0.408 e. The fraction of sp³-hybridized carbons (Fsp3) is 0.320. The van der Waals surface area contributed by atoms with E-state index >= 15 is 0 Å². The Balaban J connectivity index is 1.48. The predicted molar refractivity (Wildman–Crippen MR) is 121 cm³/mol. The number of carboxylic acid groups (broad SMARTS) is 1.